The van der Waals surface area contributed by atoms with Gasteiger partial charge in [0.15, 0.2) is 5.58 Å². The van der Waals surface area contributed by atoms with Crippen LogP contribution >= 0.6 is 15.9 Å². The highest BCUT2D eigenvalue weighted by atomic mass is 79.9. The topological polar surface area (TPSA) is 82.2 Å². The van der Waals surface area contributed by atoms with Crippen molar-refractivity contribution in [1.82, 2.24) is 14.5 Å². The Kier molecular flexibility index (Phi) is 5.04. The molecule has 0 aliphatic carbocycles. The van der Waals surface area contributed by atoms with Crippen molar-refractivity contribution in [3.63, 3.8) is 0 Å². The summed E-state index contributed by atoms with van der Waals surface area (Å²) in [6, 6.07) is 9.55. The number of hydrogen-bond acceptors (Lipinski definition) is 6. The second kappa shape index (κ2) is 7.85. The van der Waals surface area contributed by atoms with E-state index in [9.17, 15) is 4.79 Å². The van der Waals surface area contributed by atoms with Crippen LogP contribution in [-0.4, -0.2) is 34.3 Å². The lowest BCUT2D eigenvalue weighted by atomic mass is 10.1. The van der Waals surface area contributed by atoms with Gasteiger partial charge in [-0.25, -0.2) is 9.78 Å². The highest BCUT2D eigenvalue weighted by Crippen LogP contribution is 2.35. The van der Waals surface area contributed by atoms with Crippen LogP contribution in [0, 0.1) is 0 Å². The average molecular weight is 469 g/mol. The second-order valence-electron chi connectivity index (χ2n) is 7.42. The number of aromatic nitrogens is 3. The molecule has 0 spiro atoms. The Labute approximate surface area is 181 Å². The van der Waals surface area contributed by atoms with Gasteiger partial charge < -0.3 is 14.5 Å². The van der Waals surface area contributed by atoms with E-state index in [-0.39, 0.29) is 11.8 Å². The Balaban J connectivity index is 1.71. The van der Waals surface area contributed by atoms with Crippen LogP contribution in [0.3, 0.4) is 0 Å². The molecular weight excluding hydrogens is 448 g/mol. The largest absolute Gasteiger partial charge is 0.452 e. The number of hydrogen-bond donors (Lipinski definition) is 1. The summed E-state index contributed by atoms with van der Waals surface area (Å²) in [5, 5.41) is 3.88. The van der Waals surface area contributed by atoms with Crippen LogP contribution in [0.2, 0.25) is 0 Å². The number of fused-ring (bicyclic) bond motifs is 3. The molecule has 4 aromatic rings. The molecule has 8 heteroatoms. The highest BCUT2D eigenvalue weighted by molar-refractivity contribution is 9.10. The summed E-state index contributed by atoms with van der Waals surface area (Å²) in [4.78, 5) is 21.9. The van der Waals surface area contributed by atoms with Crippen molar-refractivity contribution in [3.05, 3.63) is 51.5 Å². The molecule has 0 radical (unpaired) electrons. The molecule has 1 fully saturated rings. The van der Waals surface area contributed by atoms with Crippen LogP contribution in [0.15, 0.2) is 50.2 Å². The summed E-state index contributed by atoms with van der Waals surface area (Å²) in [6.45, 7) is 1.33. The van der Waals surface area contributed by atoms with Gasteiger partial charge in [0.2, 0.25) is 0 Å². The SMILES string of the molecule is CNc1ccc(-c2nc(=O)n(CCC3CCCO3)c3c2oc2ccc(Br)cc23)cn1. The summed E-state index contributed by atoms with van der Waals surface area (Å²) in [5.41, 5.74) is 3.01. The fraction of sp³-hybridized carbons (Fsp3) is 0.318. The first-order valence-electron chi connectivity index (χ1n) is 10.0. The molecule has 0 amide bonds. The van der Waals surface area contributed by atoms with E-state index in [0.717, 1.165) is 52.6 Å². The predicted molar refractivity (Wildman–Crippen MR) is 120 cm³/mol. The van der Waals surface area contributed by atoms with Gasteiger partial charge in [-0.1, -0.05) is 15.9 Å². The quantitative estimate of drug-likeness (QED) is 0.461. The Morgan fingerprint density at radius 2 is 2.20 bits per heavy atom. The summed E-state index contributed by atoms with van der Waals surface area (Å²) in [6.07, 6.45) is 4.77. The number of nitrogens with zero attached hydrogens (tertiary/aromatic N) is 3. The number of furan rings is 1. The third kappa shape index (κ3) is 3.40. The number of ether oxygens (including phenoxy) is 1. The molecule has 1 aromatic carbocycles. The van der Waals surface area contributed by atoms with Crippen molar-refractivity contribution in [1.29, 1.82) is 0 Å². The van der Waals surface area contributed by atoms with Crippen LogP contribution in [0.4, 0.5) is 5.82 Å². The normalized spacial score (nSPS) is 16.5. The van der Waals surface area contributed by atoms with Crippen molar-refractivity contribution >= 4 is 43.8 Å². The molecular formula is C22H21BrN4O3. The molecule has 0 saturated carbocycles. The van der Waals surface area contributed by atoms with E-state index in [1.165, 1.54) is 0 Å². The van der Waals surface area contributed by atoms with Crippen LogP contribution in [-0.2, 0) is 11.3 Å². The zero-order valence-electron chi connectivity index (χ0n) is 16.5. The molecule has 1 aliphatic heterocycles. The molecule has 1 saturated heterocycles. The Bertz CT molecular complexity index is 1270. The molecule has 5 rings (SSSR count). The van der Waals surface area contributed by atoms with E-state index in [0.29, 0.717) is 23.4 Å². The highest BCUT2D eigenvalue weighted by Gasteiger charge is 2.22. The maximum atomic E-state index is 13.1. The van der Waals surface area contributed by atoms with E-state index in [1.54, 1.807) is 10.8 Å². The predicted octanol–water partition coefficient (Wildman–Crippen LogP) is 4.58. The summed E-state index contributed by atoms with van der Waals surface area (Å²) < 4.78 is 14.6. The van der Waals surface area contributed by atoms with Gasteiger partial charge >= 0.3 is 5.69 Å². The van der Waals surface area contributed by atoms with Crippen LogP contribution < -0.4 is 11.0 Å². The number of halogens is 1. The summed E-state index contributed by atoms with van der Waals surface area (Å²) >= 11 is 3.54. The van der Waals surface area contributed by atoms with Crippen LogP contribution in [0.25, 0.3) is 33.3 Å². The van der Waals surface area contributed by atoms with Gasteiger partial charge in [0.05, 0.1) is 6.10 Å². The molecule has 4 heterocycles. The van der Waals surface area contributed by atoms with Crippen molar-refractivity contribution in [2.45, 2.75) is 31.9 Å². The van der Waals surface area contributed by atoms with Gasteiger partial charge in [-0.05, 0) is 49.6 Å². The maximum Gasteiger partial charge on any atom is 0.348 e. The van der Waals surface area contributed by atoms with Gasteiger partial charge in [-0.15, -0.1) is 0 Å². The minimum Gasteiger partial charge on any atom is -0.452 e. The van der Waals surface area contributed by atoms with Crippen molar-refractivity contribution in [2.24, 2.45) is 0 Å². The van der Waals surface area contributed by atoms with Gasteiger partial charge in [0.25, 0.3) is 0 Å². The molecule has 1 aliphatic rings. The molecule has 7 nitrogen and oxygen atoms in total. The Morgan fingerprint density at radius 1 is 1.30 bits per heavy atom. The minimum atomic E-state index is -0.295. The fourth-order valence-electron chi connectivity index (χ4n) is 4.02. The van der Waals surface area contributed by atoms with Gasteiger partial charge in [-0.2, -0.15) is 4.98 Å². The molecule has 154 valence electrons. The van der Waals surface area contributed by atoms with E-state index in [1.807, 2.05) is 37.4 Å². The molecule has 0 bridgehead atoms. The third-order valence-corrected chi connectivity index (χ3v) is 6.03. The van der Waals surface area contributed by atoms with E-state index in [4.69, 9.17) is 9.15 Å². The van der Waals surface area contributed by atoms with Crippen molar-refractivity contribution in [2.75, 3.05) is 19.0 Å². The Morgan fingerprint density at radius 3 is 2.93 bits per heavy atom. The Hall–Kier alpha value is -2.71. The molecule has 1 atom stereocenters. The lowest BCUT2D eigenvalue weighted by molar-refractivity contribution is 0.100. The number of pyridine rings is 1. The zero-order chi connectivity index (χ0) is 20.7. The lowest BCUT2D eigenvalue weighted by Gasteiger charge is -2.13. The second-order valence-corrected chi connectivity index (χ2v) is 8.34. The van der Waals surface area contributed by atoms with E-state index < -0.39 is 0 Å². The lowest BCUT2D eigenvalue weighted by Crippen LogP contribution is -2.25. The third-order valence-electron chi connectivity index (χ3n) is 5.54. The van der Waals surface area contributed by atoms with Crippen LogP contribution in [0.1, 0.15) is 19.3 Å². The molecule has 1 N–H and O–H groups in total. The fourth-order valence-corrected chi connectivity index (χ4v) is 4.38. The maximum absolute atomic E-state index is 13.1. The number of anilines is 1. The number of rotatable bonds is 5. The van der Waals surface area contributed by atoms with E-state index >= 15 is 0 Å². The summed E-state index contributed by atoms with van der Waals surface area (Å²) in [5.74, 6) is 0.744. The first-order chi connectivity index (χ1) is 14.6. The van der Waals surface area contributed by atoms with Crippen LogP contribution in [0.5, 0.6) is 0 Å². The molecule has 3 aromatic heterocycles. The standard InChI is InChI=1S/C22H21BrN4O3/c1-24-18-7-4-13(12-25-18)19-21-20(16-11-14(23)5-6-17(16)30-21)27(22(28)26-19)9-8-15-3-2-10-29-15/h4-7,11-12,15H,2-3,8-10H2,1H3,(H,24,25). The zero-order valence-corrected chi connectivity index (χ0v) is 18.1. The first-order valence-corrected chi connectivity index (χ1v) is 10.8. The monoisotopic (exact) mass is 468 g/mol. The number of aryl methyl sites for hydroxylation is 1. The number of benzene rings is 1. The smallest absolute Gasteiger partial charge is 0.348 e. The average Bonchev–Trinajstić information content (AvgIpc) is 3.41. The van der Waals surface area contributed by atoms with Gasteiger partial charge in [0, 0.05) is 41.8 Å². The molecule has 1 unspecified atom stereocenters. The molecule has 30 heavy (non-hydrogen) atoms. The first kappa shape index (κ1) is 19.3. The van der Waals surface area contributed by atoms with E-state index in [2.05, 4.69) is 31.2 Å². The minimum absolute atomic E-state index is 0.190. The van der Waals surface area contributed by atoms with Gasteiger partial charge in [-0.3, -0.25) is 4.57 Å². The number of nitrogens with one attached hydrogen (secondary N) is 1. The van der Waals surface area contributed by atoms with Crippen molar-refractivity contribution < 1.29 is 9.15 Å². The summed E-state index contributed by atoms with van der Waals surface area (Å²) in [7, 11) is 1.81. The van der Waals surface area contributed by atoms with Gasteiger partial charge in [0.1, 0.15) is 22.6 Å². The van der Waals surface area contributed by atoms with Crippen molar-refractivity contribution in [3.8, 4) is 11.3 Å².